The Hall–Kier alpha value is -2.38. The number of hydrogen-bond acceptors (Lipinski definition) is 5. The molecular weight excluding hydrogens is 352 g/mol. The number of nitrogens with zero attached hydrogens (tertiary/aromatic N) is 1. The Kier molecular flexibility index (Phi) is 5.90. The number of benzene rings is 2. The Balaban J connectivity index is 1.74. The Labute approximate surface area is 156 Å². The van der Waals surface area contributed by atoms with E-state index in [0.29, 0.717) is 19.8 Å². The number of thioether (sulfide) groups is 1. The topological polar surface area (TPSA) is 81.5 Å². The van der Waals surface area contributed by atoms with Crippen LogP contribution >= 0.6 is 11.8 Å². The molecular formula is C19H20N2O4S. The van der Waals surface area contributed by atoms with Crippen LogP contribution in [0.4, 0.5) is 5.69 Å². The third-order valence-corrected chi connectivity index (χ3v) is 5.89. The van der Waals surface area contributed by atoms with E-state index in [4.69, 9.17) is 4.74 Å². The number of nitrogens with one attached hydrogen (secondary N) is 1. The van der Waals surface area contributed by atoms with Gasteiger partial charge in [-0.15, -0.1) is 11.8 Å². The van der Waals surface area contributed by atoms with Crippen LogP contribution in [0.5, 0.6) is 0 Å². The molecule has 0 spiro atoms. The predicted octanol–water partition coefficient (Wildman–Crippen LogP) is 3.67. The van der Waals surface area contributed by atoms with Gasteiger partial charge in [-0.3, -0.25) is 14.9 Å². The number of carbonyl (C=O) groups excluding carboxylic acids is 1. The summed E-state index contributed by atoms with van der Waals surface area (Å²) in [6, 6.07) is 16.0. The molecule has 1 N–H and O–H groups in total. The van der Waals surface area contributed by atoms with Crippen LogP contribution in [0.2, 0.25) is 0 Å². The van der Waals surface area contributed by atoms with E-state index in [1.165, 1.54) is 12.1 Å². The number of rotatable bonds is 6. The minimum atomic E-state index is -0.530. The van der Waals surface area contributed by atoms with Gasteiger partial charge in [0.2, 0.25) is 0 Å². The van der Waals surface area contributed by atoms with Gasteiger partial charge < -0.3 is 10.1 Å². The molecule has 0 unspecified atom stereocenters. The second kappa shape index (κ2) is 8.33. The summed E-state index contributed by atoms with van der Waals surface area (Å²) in [6.45, 7) is 1.71. The molecule has 6 nitrogen and oxygen atoms in total. The second-order valence-corrected chi connectivity index (χ2v) is 7.71. The maximum absolute atomic E-state index is 12.6. The maximum Gasteiger partial charge on any atom is 0.282 e. The minimum absolute atomic E-state index is 0.0874. The molecule has 136 valence electrons. The van der Waals surface area contributed by atoms with Crippen molar-refractivity contribution in [3.05, 3.63) is 70.3 Å². The van der Waals surface area contributed by atoms with Crippen LogP contribution in [0.25, 0.3) is 0 Å². The highest BCUT2D eigenvalue weighted by molar-refractivity contribution is 8.00. The van der Waals surface area contributed by atoms with Crippen molar-refractivity contribution in [2.75, 3.05) is 19.8 Å². The summed E-state index contributed by atoms with van der Waals surface area (Å²) < 4.78 is 5.31. The lowest BCUT2D eigenvalue weighted by Crippen LogP contribution is -2.44. The summed E-state index contributed by atoms with van der Waals surface area (Å²) in [5, 5.41) is 14.0. The summed E-state index contributed by atoms with van der Waals surface area (Å²) in [5.74, 6) is -0.420. The van der Waals surface area contributed by atoms with Crippen LogP contribution in [0.3, 0.4) is 0 Å². The van der Waals surface area contributed by atoms with Gasteiger partial charge in [-0.05, 0) is 31.0 Å². The number of para-hydroxylation sites is 1. The van der Waals surface area contributed by atoms with Crippen LogP contribution in [0, 0.1) is 10.1 Å². The lowest BCUT2D eigenvalue weighted by atomic mass is 9.98. The molecule has 2 aromatic carbocycles. The fraction of sp³-hybridized carbons (Fsp3) is 0.316. The van der Waals surface area contributed by atoms with Crippen LogP contribution in [-0.2, 0) is 4.74 Å². The molecule has 1 fully saturated rings. The number of carbonyl (C=O) groups is 1. The molecule has 26 heavy (non-hydrogen) atoms. The van der Waals surface area contributed by atoms with Crippen molar-refractivity contribution in [1.29, 1.82) is 0 Å². The number of nitro benzene ring substituents is 1. The maximum atomic E-state index is 12.6. The number of nitro groups is 1. The Morgan fingerprint density at radius 2 is 1.77 bits per heavy atom. The van der Waals surface area contributed by atoms with Gasteiger partial charge in [-0.2, -0.15) is 0 Å². The van der Waals surface area contributed by atoms with E-state index >= 15 is 0 Å². The molecule has 0 bridgehead atoms. The standard InChI is InChI=1S/C19H20N2O4S/c22-18(16-8-4-5-9-17(16)21(23)24)20-14-19(10-12-25-13-11-19)26-15-6-2-1-3-7-15/h1-9H,10-14H2,(H,20,22). The van der Waals surface area contributed by atoms with Gasteiger partial charge in [0.25, 0.3) is 11.6 Å². The predicted molar refractivity (Wildman–Crippen MR) is 101 cm³/mol. The number of hydrogen-bond donors (Lipinski definition) is 1. The first-order chi connectivity index (χ1) is 12.6. The molecule has 1 saturated heterocycles. The highest BCUT2D eigenvalue weighted by atomic mass is 32.2. The normalized spacial score (nSPS) is 16.0. The summed E-state index contributed by atoms with van der Waals surface area (Å²) in [4.78, 5) is 24.3. The molecule has 3 rings (SSSR count). The van der Waals surface area contributed by atoms with E-state index in [9.17, 15) is 14.9 Å². The van der Waals surface area contributed by atoms with Gasteiger partial charge in [0.1, 0.15) is 5.56 Å². The van der Waals surface area contributed by atoms with Crippen molar-refractivity contribution in [2.45, 2.75) is 22.5 Å². The van der Waals surface area contributed by atoms with Crippen LogP contribution in [0.15, 0.2) is 59.5 Å². The third kappa shape index (κ3) is 4.42. The van der Waals surface area contributed by atoms with E-state index in [0.717, 1.165) is 17.7 Å². The van der Waals surface area contributed by atoms with Gasteiger partial charge in [0.05, 0.1) is 4.92 Å². The molecule has 0 atom stereocenters. The molecule has 1 aliphatic heterocycles. The highest BCUT2D eigenvalue weighted by Crippen LogP contribution is 2.40. The van der Waals surface area contributed by atoms with Crippen molar-refractivity contribution in [1.82, 2.24) is 5.32 Å². The molecule has 7 heteroatoms. The Bertz CT molecular complexity index is 776. The minimum Gasteiger partial charge on any atom is -0.381 e. The van der Waals surface area contributed by atoms with Gasteiger partial charge in [-0.1, -0.05) is 30.3 Å². The van der Waals surface area contributed by atoms with Gasteiger partial charge in [0, 0.05) is 35.5 Å². The van der Waals surface area contributed by atoms with Gasteiger partial charge in [-0.25, -0.2) is 0 Å². The van der Waals surface area contributed by atoms with Crippen molar-refractivity contribution in [3.8, 4) is 0 Å². The fourth-order valence-electron chi connectivity index (χ4n) is 2.96. The summed E-state index contributed by atoms with van der Waals surface area (Å²) in [7, 11) is 0. The van der Waals surface area contributed by atoms with Crippen molar-refractivity contribution >= 4 is 23.4 Å². The monoisotopic (exact) mass is 372 g/mol. The smallest absolute Gasteiger partial charge is 0.282 e. The zero-order chi connectivity index (χ0) is 18.4. The van der Waals surface area contributed by atoms with Crippen molar-refractivity contribution in [2.24, 2.45) is 0 Å². The quantitative estimate of drug-likeness (QED) is 0.618. The van der Waals surface area contributed by atoms with E-state index in [2.05, 4.69) is 5.32 Å². The van der Waals surface area contributed by atoms with E-state index in [-0.39, 0.29) is 16.0 Å². The summed E-state index contributed by atoms with van der Waals surface area (Å²) in [6.07, 6.45) is 1.62. The highest BCUT2D eigenvalue weighted by Gasteiger charge is 2.34. The largest absolute Gasteiger partial charge is 0.381 e. The second-order valence-electron chi connectivity index (χ2n) is 6.17. The summed E-state index contributed by atoms with van der Waals surface area (Å²) in [5.41, 5.74) is -0.0915. The van der Waals surface area contributed by atoms with Crippen LogP contribution < -0.4 is 5.32 Å². The molecule has 2 aromatic rings. The molecule has 1 aliphatic rings. The molecule has 1 heterocycles. The van der Waals surface area contributed by atoms with Crippen LogP contribution in [0.1, 0.15) is 23.2 Å². The fourth-order valence-corrected chi connectivity index (χ4v) is 4.27. The van der Waals surface area contributed by atoms with Crippen molar-refractivity contribution < 1.29 is 14.5 Å². The lowest BCUT2D eigenvalue weighted by Gasteiger charge is -2.36. The first-order valence-electron chi connectivity index (χ1n) is 8.43. The zero-order valence-electron chi connectivity index (χ0n) is 14.2. The van der Waals surface area contributed by atoms with E-state index < -0.39 is 10.8 Å². The average Bonchev–Trinajstić information content (AvgIpc) is 2.67. The molecule has 0 saturated carbocycles. The lowest BCUT2D eigenvalue weighted by molar-refractivity contribution is -0.385. The van der Waals surface area contributed by atoms with Gasteiger partial charge >= 0.3 is 0 Å². The number of ether oxygens (including phenoxy) is 1. The zero-order valence-corrected chi connectivity index (χ0v) is 15.0. The third-order valence-electron chi connectivity index (χ3n) is 4.40. The van der Waals surface area contributed by atoms with Crippen LogP contribution in [-0.4, -0.2) is 35.3 Å². The molecule has 0 radical (unpaired) electrons. The first kappa shape index (κ1) is 18.4. The Morgan fingerprint density at radius 3 is 2.46 bits per heavy atom. The first-order valence-corrected chi connectivity index (χ1v) is 9.25. The summed E-state index contributed by atoms with van der Waals surface area (Å²) >= 11 is 1.73. The molecule has 0 aromatic heterocycles. The van der Waals surface area contributed by atoms with E-state index in [1.54, 1.807) is 23.9 Å². The number of amides is 1. The molecule has 0 aliphatic carbocycles. The van der Waals surface area contributed by atoms with Gasteiger partial charge in [0.15, 0.2) is 0 Å². The molecule has 1 amide bonds. The van der Waals surface area contributed by atoms with Crippen molar-refractivity contribution in [3.63, 3.8) is 0 Å². The van der Waals surface area contributed by atoms with E-state index in [1.807, 2.05) is 30.3 Å². The Morgan fingerprint density at radius 1 is 1.12 bits per heavy atom. The SMILES string of the molecule is O=C(NCC1(Sc2ccccc2)CCOCC1)c1ccccc1[N+](=O)[O-]. The average molecular weight is 372 g/mol.